The van der Waals surface area contributed by atoms with E-state index in [2.05, 4.69) is 26.1 Å². The molecule has 146 valence electrons. The third kappa shape index (κ3) is 5.74. The maximum atomic E-state index is 12.5. The van der Waals surface area contributed by atoms with Gasteiger partial charge in [-0.05, 0) is 41.5 Å². The van der Waals surface area contributed by atoms with Crippen molar-refractivity contribution < 1.29 is 13.2 Å². The largest absolute Gasteiger partial charge is 0.323 e. The third-order valence-corrected chi connectivity index (χ3v) is 6.03. The van der Waals surface area contributed by atoms with Crippen LogP contribution in [0.15, 0.2) is 53.4 Å². The smallest absolute Gasteiger partial charge is 0.245 e. The fourth-order valence-electron chi connectivity index (χ4n) is 2.60. The van der Waals surface area contributed by atoms with Crippen molar-refractivity contribution in [3.8, 4) is 0 Å². The molecule has 0 heterocycles. The van der Waals surface area contributed by atoms with Crippen molar-refractivity contribution >= 4 is 39.1 Å². The van der Waals surface area contributed by atoms with Crippen molar-refractivity contribution in [3.05, 3.63) is 54.1 Å². The maximum absolute atomic E-state index is 12.5. The van der Waals surface area contributed by atoms with Gasteiger partial charge in [0, 0.05) is 4.90 Å². The molecular weight excluding hydrogens is 380 g/mol. The van der Waals surface area contributed by atoms with Crippen LogP contribution in [0, 0.1) is 0 Å². The van der Waals surface area contributed by atoms with Crippen molar-refractivity contribution in [3.63, 3.8) is 0 Å². The number of rotatable bonds is 6. The van der Waals surface area contributed by atoms with Gasteiger partial charge in [0.15, 0.2) is 0 Å². The highest BCUT2D eigenvalue weighted by atomic mass is 32.2. The third-order valence-electron chi connectivity index (χ3n) is 4.09. The maximum Gasteiger partial charge on any atom is 0.245 e. The summed E-state index contributed by atoms with van der Waals surface area (Å²) in [7, 11) is -3.60. The number of nitrogens with zero attached hydrogens (tertiary/aromatic N) is 1. The van der Waals surface area contributed by atoms with Crippen LogP contribution in [-0.2, 0) is 20.2 Å². The van der Waals surface area contributed by atoms with E-state index in [1.54, 1.807) is 18.2 Å². The molecule has 1 N–H and O–H groups in total. The van der Waals surface area contributed by atoms with Crippen LogP contribution in [0.2, 0.25) is 0 Å². The molecule has 0 aromatic heterocycles. The highest BCUT2D eigenvalue weighted by molar-refractivity contribution is 7.98. The lowest BCUT2D eigenvalue weighted by molar-refractivity contribution is -0.114. The van der Waals surface area contributed by atoms with Crippen LogP contribution in [0.3, 0.4) is 0 Å². The topological polar surface area (TPSA) is 66.5 Å². The predicted molar refractivity (Wildman–Crippen MR) is 114 cm³/mol. The Balaban J connectivity index is 2.24. The summed E-state index contributed by atoms with van der Waals surface area (Å²) in [6.07, 6.45) is 3.03. The minimum atomic E-state index is -3.60. The SMILES string of the molecule is CSc1ccccc1NC(=O)CN(c1ccc(C(C)(C)C)cc1)S(C)(=O)=O. The van der Waals surface area contributed by atoms with E-state index in [4.69, 9.17) is 0 Å². The first-order chi connectivity index (χ1) is 12.5. The molecule has 0 aliphatic rings. The molecule has 0 aliphatic heterocycles. The number of carbonyl (C=O) groups excluding carboxylic acids is 1. The van der Waals surface area contributed by atoms with Gasteiger partial charge in [0.05, 0.1) is 17.6 Å². The molecule has 0 bridgehead atoms. The summed E-state index contributed by atoms with van der Waals surface area (Å²) >= 11 is 1.52. The van der Waals surface area contributed by atoms with Gasteiger partial charge in [0.1, 0.15) is 6.54 Å². The summed E-state index contributed by atoms with van der Waals surface area (Å²) in [5.41, 5.74) is 2.20. The van der Waals surface area contributed by atoms with Crippen LogP contribution < -0.4 is 9.62 Å². The number of carbonyl (C=O) groups is 1. The Labute approximate surface area is 166 Å². The monoisotopic (exact) mass is 406 g/mol. The molecular formula is C20H26N2O3S2. The van der Waals surface area contributed by atoms with Crippen LogP contribution in [0.25, 0.3) is 0 Å². The van der Waals surface area contributed by atoms with Gasteiger partial charge in [-0.15, -0.1) is 11.8 Å². The average molecular weight is 407 g/mol. The lowest BCUT2D eigenvalue weighted by Crippen LogP contribution is -2.37. The molecule has 27 heavy (non-hydrogen) atoms. The molecule has 0 atom stereocenters. The van der Waals surface area contributed by atoms with E-state index in [0.717, 1.165) is 21.0 Å². The fraction of sp³-hybridized carbons (Fsp3) is 0.350. The number of thioether (sulfide) groups is 1. The second-order valence-corrected chi connectivity index (χ2v) is 10.1. The Hall–Kier alpha value is -1.99. The van der Waals surface area contributed by atoms with Crippen molar-refractivity contribution in [1.29, 1.82) is 0 Å². The molecule has 0 aliphatic carbocycles. The molecule has 7 heteroatoms. The zero-order chi connectivity index (χ0) is 20.2. The summed E-state index contributed by atoms with van der Waals surface area (Å²) in [5.74, 6) is -0.387. The van der Waals surface area contributed by atoms with Crippen LogP contribution in [0.1, 0.15) is 26.3 Å². The summed E-state index contributed by atoms with van der Waals surface area (Å²) in [6, 6.07) is 14.7. The number of anilines is 2. The number of hydrogen-bond acceptors (Lipinski definition) is 4. The highest BCUT2D eigenvalue weighted by Crippen LogP contribution is 2.27. The molecule has 2 rings (SSSR count). The van der Waals surface area contributed by atoms with E-state index < -0.39 is 10.0 Å². The molecule has 2 aromatic carbocycles. The predicted octanol–water partition coefficient (Wildman–Crippen LogP) is 4.11. The average Bonchev–Trinajstić information content (AvgIpc) is 2.58. The van der Waals surface area contributed by atoms with E-state index in [1.165, 1.54) is 11.8 Å². The minimum Gasteiger partial charge on any atom is -0.323 e. The van der Waals surface area contributed by atoms with Gasteiger partial charge in [0.25, 0.3) is 0 Å². The standard InChI is InChI=1S/C20H26N2O3S2/c1-20(2,3)15-10-12-16(13-11-15)22(27(5,24)25)14-19(23)21-17-8-6-7-9-18(17)26-4/h6-13H,14H2,1-5H3,(H,21,23). The quantitative estimate of drug-likeness (QED) is 0.733. The molecule has 0 saturated heterocycles. The number of nitrogens with one attached hydrogen (secondary N) is 1. The Morgan fingerprint density at radius 2 is 1.67 bits per heavy atom. The van der Waals surface area contributed by atoms with Gasteiger partial charge < -0.3 is 5.32 Å². The molecule has 0 spiro atoms. The minimum absolute atomic E-state index is 0.0344. The fourth-order valence-corrected chi connectivity index (χ4v) is 4.01. The van der Waals surface area contributed by atoms with E-state index in [0.29, 0.717) is 11.4 Å². The molecule has 1 amide bonds. The second kappa shape index (κ2) is 8.35. The van der Waals surface area contributed by atoms with Crippen LogP contribution in [0.5, 0.6) is 0 Å². The summed E-state index contributed by atoms with van der Waals surface area (Å²) in [4.78, 5) is 13.4. The first kappa shape index (κ1) is 21.3. The lowest BCUT2D eigenvalue weighted by Gasteiger charge is -2.24. The Kier molecular flexibility index (Phi) is 6.59. The summed E-state index contributed by atoms with van der Waals surface area (Å²) < 4.78 is 25.7. The Bertz CT molecular complexity index is 902. The van der Waals surface area contributed by atoms with E-state index in [9.17, 15) is 13.2 Å². The van der Waals surface area contributed by atoms with Gasteiger partial charge in [-0.3, -0.25) is 9.10 Å². The van der Waals surface area contributed by atoms with Gasteiger partial charge in [-0.25, -0.2) is 8.42 Å². The van der Waals surface area contributed by atoms with Crippen molar-refractivity contribution in [2.45, 2.75) is 31.1 Å². The molecule has 0 radical (unpaired) electrons. The zero-order valence-corrected chi connectivity index (χ0v) is 17.9. The first-order valence-corrected chi connectivity index (χ1v) is 11.6. The van der Waals surface area contributed by atoms with Crippen molar-refractivity contribution in [1.82, 2.24) is 0 Å². The summed E-state index contributed by atoms with van der Waals surface area (Å²) in [5, 5.41) is 2.80. The van der Waals surface area contributed by atoms with Crippen LogP contribution in [-0.4, -0.2) is 33.4 Å². The number of sulfonamides is 1. The molecule has 0 saturated carbocycles. The van der Waals surface area contributed by atoms with Gasteiger partial charge >= 0.3 is 0 Å². The summed E-state index contributed by atoms with van der Waals surface area (Å²) in [6.45, 7) is 5.99. The van der Waals surface area contributed by atoms with Gasteiger partial charge in [0.2, 0.25) is 15.9 Å². The number of benzene rings is 2. The van der Waals surface area contributed by atoms with E-state index in [-0.39, 0.29) is 17.9 Å². The molecule has 2 aromatic rings. The first-order valence-electron chi connectivity index (χ1n) is 8.53. The molecule has 0 fully saturated rings. The lowest BCUT2D eigenvalue weighted by atomic mass is 9.87. The Morgan fingerprint density at radius 1 is 1.07 bits per heavy atom. The van der Waals surface area contributed by atoms with Gasteiger partial charge in [-0.1, -0.05) is 45.0 Å². The second-order valence-electron chi connectivity index (χ2n) is 7.31. The molecule has 0 unspecified atom stereocenters. The zero-order valence-electron chi connectivity index (χ0n) is 16.3. The normalized spacial score (nSPS) is 11.9. The van der Waals surface area contributed by atoms with E-state index >= 15 is 0 Å². The van der Waals surface area contributed by atoms with Crippen molar-refractivity contribution in [2.75, 3.05) is 28.7 Å². The van der Waals surface area contributed by atoms with Crippen molar-refractivity contribution in [2.24, 2.45) is 0 Å². The number of amides is 1. The number of para-hydroxylation sites is 1. The Morgan fingerprint density at radius 3 is 2.19 bits per heavy atom. The highest BCUT2D eigenvalue weighted by Gasteiger charge is 2.22. The van der Waals surface area contributed by atoms with Crippen LogP contribution in [0.4, 0.5) is 11.4 Å². The molecule has 5 nitrogen and oxygen atoms in total. The van der Waals surface area contributed by atoms with Gasteiger partial charge in [-0.2, -0.15) is 0 Å². The number of hydrogen-bond donors (Lipinski definition) is 1. The van der Waals surface area contributed by atoms with E-state index in [1.807, 2.05) is 36.6 Å². The van der Waals surface area contributed by atoms with Crippen LogP contribution >= 0.6 is 11.8 Å².